The molecule has 0 fully saturated rings. The minimum atomic E-state index is -0.286. The Bertz CT molecular complexity index is 2770. The second-order valence-corrected chi connectivity index (χ2v) is 12.7. The number of hydrogen-bond donors (Lipinski definition) is 1. The number of para-hydroxylation sites is 2. The molecule has 1 atom stereocenters. The maximum atomic E-state index is 6.35. The van der Waals surface area contributed by atoms with E-state index < -0.39 is 0 Å². The highest BCUT2D eigenvalue weighted by Gasteiger charge is 2.22. The summed E-state index contributed by atoms with van der Waals surface area (Å²) in [5.41, 5.74) is 10.4. The van der Waals surface area contributed by atoms with Gasteiger partial charge in [0.1, 0.15) is 23.2 Å². The van der Waals surface area contributed by atoms with Crippen LogP contribution in [0.15, 0.2) is 184 Å². The third kappa shape index (κ3) is 4.71. The van der Waals surface area contributed by atoms with Crippen molar-refractivity contribution in [3.8, 4) is 16.8 Å². The first-order chi connectivity index (χ1) is 24.8. The molecule has 10 rings (SSSR count). The SMILES string of the molecule is c1ccc(-c2ccc(C3=NC(c4cccc(-n5c6ccccc6c6cc7c(cc65)oc5ccccc57)c4)=NC(c4ccccc4)N3)cc2)cc1. The van der Waals surface area contributed by atoms with Gasteiger partial charge in [-0.25, -0.2) is 9.98 Å². The summed E-state index contributed by atoms with van der Waals surface area (Å²) in [5.74, 6) is 1.47. The normalized spacial score (nSPS) is 14.6. The van der Waals surface area contributed by atoms with Gasteiger partial charge in [0.2, 0.25) is 0 Å². The van der Waals surface area contributed by atoms with E-state index in [2.05, 4.69) is 143 Å². The molecule has 1 N–H and O–H groups in total. The molecule has 0 amide bonds. The summed E-state index contributed by atoms with van der Waals surface area (Å²) < 4.78 is 8.67. The van der Waals surface area contributed by atoms with Gasteiger partial charge in [0.15, 0.2) is 5.84 Å². The number of aliphatic imine (C=N–C) groups is 2. The molecule has 0 spiro atoms. The molecule has 50 heavy (non-hydrogen) atoms. The predicted molar refractivity (Wildman–Crippen MR) is 205 cm³/mol. The average Bonchev–Trinajstić information content (AvgIpc) is 3.72. The van der Waals surface area contributed by atoms with E-state index in [0.29, 0.717) is 5.84 Å². The predicted octanol–water partition coefficient (Wildman–Crippen LogP) is 10.8. The molecule has 5 heteroatoms. The minimum absolute atomic E-state index is 0.286. The van der Waals surface area contributed by atoms with Crippen molar-refractivity contribution in [2.45, 2.75) is 6.17 Å². The van der Waals surface area contributed by atoms with E-state index in [1.165, 1.54) is 16.3 Å². The van der Waals surface area contributed by atoms with Gasteiger partial charge in [0.25, 0.3) is 0 Å². The van der Waals surface area contributed by atoms with Crippen molar-refractivity contribution in [1.29, 1.82) is 0 Å². The Kier molecular flexibility index (Phi) is 6.49. The zero-order valence-electron chi connectivity index (χ0n) is 27.0. The monoisotopic (exact) mass is 642 g/mol. The van der Waals surface area contributed by atoms with Crippen LogP contribution in [0.25, 0.3) is 60.6 Å². The van der Waals surface area contributed by atoms with E-state index in [1.807, 2.05) is 36.4 Å². The third-order valence-corrected chi connectivity index (χ3v) is 9.66. The molecule has 2 aromatic heterocycles. The van der Waals surface area contributed by atoms with Gasteiger partial charge in [-0.2, -0.15) is 0 Å². The molecule has 0 aliphatic carbocycles. The quantitative estimate of drug-likeness (QED) is 0.203. The smallest absolute Gasteiger partial charge is 0.159 e. The average molecular weight is 643 g/mol. The Labute approximate surface area is 288 Å². The van der Waals surface area contributed by atoms with Gasteiger partial charge >= 0.3 is 0 Å². The van der Waals surface area contributed by atoms with Crippen molar-refractivity contribution in [2.24, 2.45) is 9.98 Å². The van der Waals surface area contributed by atoms with E-state index in [-0.39, 0.29) is 6.17 Å². The fourth-order valence-corrected chi connectivity index (χ4v) is 7.23. The van der Waals surface area contributed by atoms with Crippen LogP contribution >= 0.6 is 0 Å². The Hall–Kier alpha value is -6.72. The van der Waals surface area contributed by atoms with Crippen molar-refractivity contribution in [1.82, 2.24) is 9.88 Å². The lowest BCUT2D eigenvalue weighted by molar-refractivity contribution is 0.669. The maximum Gasteiger partial charge on any atom is 0.159 e. The van der Waals surface area contributed by atoms with Gasteiger partial charge in [0, 0.05) is 44.4 Å². The third-order valence-electron chi connectivity index (χ3n) is 9.66. The molecule has 236 valence electrons. The maximum absolute atomic E-state index is 6.35. The van der Waals surface area contributed by atoms with Crippen LogP contribution in [0, 0.1) is 0 Å². The van der Waals surface area contributed by atoms with Crippen molar-refractivity contribution >= 4 is 55.4 Å². The lowest BCUT2D eigenvalue weighted by atomic mass is 10.0. The van der Waals surface area contributed by atoms with Gasteiger partial charge in [0.05, 0.1) is 11.0 Å². The number of fused-ring (bicyclic) bond motifs is 6. The molecule has 0 radical (unpaired) electrons. The minimum Gasteiger partial charge on any atom is -0.456 e. The summed E-state index contributed by atoms with van der Waals surface area (Å²) >= 11 is 0. The number of aromatic nitrogens is 1. The van der Waals surface area contributed by atoms with Gasteiger partial charge < -0.3 is 14.3 Å². The fraction of sp³-hybridized carbons (Fsp3) is 0.0222. The molecule has 1 aliphatic heterocycles. The Morgan fingerprint density at radius 3 is 2.00 bits per heavy atom. The molecule has 9 aromatic rings. The number of nitrogens with zero attached hydrogens (tertiary/aromatic N) is 3. The molecule has 0 saturated heterocycles. The van der Waals surface area contributed by atoms with Crippen molar-refractivity contribution in [2.75, 3.05) is 0 Å². The molecule has 0 saturated carbocycles. The largest absolute Gasteiger partial charge is 0.456 e. The highest BCUT2D eigenvalue weighted by molar-refractivity contribution is 6.18. The number of nitrogens with one attached hydrogen (secondary N) is 1. The van der Waals surface area contributed by atoms with Gasteiger partial charge in [-0.3, -0.25) is 0 Å². The summed E-state index contributed by atoms with van der Waals surface area (Å²) in [7, 11) is 0. The summed E-state index contributed by atoms with van der Waals surface area (Å²) in [6, 6.07) is 59.2. The van der Waals surface area contributed by atoms with Gasteiger partial charge in [-0.15, -0.1) is 0 Å². The standard InChI is InChI=1S/C45H30N4O/c1-3-12-29(13-4-1)30-22-24-32(25-23-30)44-46-43(31-14-5-2-6-15-31)47-45(48-44)33-16-11-17-34(26-33)49-39-20-9-7-18-35(39)37-27-38-36-19-8-10-21-41(36)50-42(38)28-40(37)49/h1-28,43H,(H,46,47,48). The molecule has 5 nitrogen and oxygen atoms in total. The van der Waals surface area contributed by atoms with Crippen LogP contribution in [0.4, 0.5) is 0 Å². The van der Waals surface area contributed by atoms with E-state index in [4.69, 9.17) is 14.4 Å². The van der Waals surface area contributed by atoms with Crippen LogP contribution in [-0.2, 0) is 0 Å². The molecule has 1 unspecified atom stereocenters. The van der Waals surface area contributed by atoms with Crippen LogP contribution in [-0.4, -0.2) is 16.2 Å². The number of benzene rings is 7. The lowest BCUT2D eigenvalue weighted by Crippen LogP contribution is -2.33. The highest BCUT2D eigenvalue weighted by atomic mass is 16.3. The van der Waals surface area contributed by atoms with Crippen molar-refractivity contribution in [3.63, 3.8) is 0 Å². The van der Waals surface area contributed by atoms with E-state index in [9.17, 15) is 0 Å². The van der Waals surface area contributed by atoms with Gasteiger partial charge in [-0.05, 0) is 47.0 Å². The lowest BCUT2D eigenvalue weighted by Gasteiger charge is -2.24. The van der Waals surface area contributed by atoms with Crippen molar-refractivity contribution in [3.05, 3.63) is 187 Å². The molecular formula is C45H30N4O. The molecular weight excluding hydrogens is 613 g/mol. The second-order valence-electron chi connectivity index (χ2n) is 12.7. The molecule has 7 aromatic carbocycles. The summed E-state index contributed by atoms with van der Waals surface area (Å²) in [6.45, 7) is 0. The second kappa shape index (κ2) is 11.5. The topological polar surface area (TPSA) is 54.8 Å². The van der Waals surface area contributed by atoms with Crippen molar-refractivity contribution < 1.29 is 4.42 Å². The molecule has 0 bridgehead atoms. The van der Waals surface area contributed by atoms with Gasteiger partial charge in [-0.1, -0.05) is 133 Å². The molecule has 3 heterocycles. The van der Waals surface area contributed by atoms with Crippen LogP contribution in [0.3, 0.4) is 0 Å². The summed E-state index contributed by atoms with van der Waals surface area (Å²) in [4.78, 5) is 10.3. The number of hydrogen-bond acceptors (Lipinski definition) is 4. The number of amidine groups is 2. The molecule has 1 aliphatic rings. The Morgan fingerprint density at radius 2 is 1.16 bits per heavy atom. The number of rotatable bonds is 5. The first-order valence-electron chi connectivity index (χ1n) is 16.9. The zero-order valence-corrected chi connectivity index (χ0v) is 27.0. The summed E-state index contributed by atoms with van der Waals surface area (Å²) in [6.07, 6.45) is -0.286. The van der Waals surface area contributed by atoms with Crippen LogP contribution in [0.5, 0.6) is 0 Å². The number of furan rings is 1. The Morgan fingerprint density at radius 1 is 0.480 bits per heavy atom. The summed E-state index contributed by atoms with van der Waals surface area (Å²) in [5, 5.41) is 8.25. The fourth-order valence-electron chi connectivity index (χ4n) is 7.23. The van der Waals surface area contributed by atoms with E-state index in [0.717, 1.165) is 66.7 Å². The van der Waals surface area contributed by atoms with Crippen LogP contribution in [0.1, 0.15) is 22.9 Å². The Balaban J connectivity index is 1.11. The highest BCUT2D eigenvalue weighted by Crippen LogP contribution is 2.38. The van der Waals surface area contributed by atoms with Crippen LogP contribution < -0.4 is 5.32 Å². The first kappa shape index (κ1) is 28.3. The van der Waals surface area contributed by atoms with E-state index in [1.54, 1.807) is 0 Å². The van der Waals surface area contributed by atoms with Crippen LogP contribution in [0.2, 0.25) is 0 Å². The van der Waals surface area contributed by atoms with E-state index >= 15 is 0 Å². The zero-order chi connectivity index (χ0) is 33.0. The first-order valence-corrected chi connectivity index (χ1v) is 16.9.